The Hall–Kier alpha value is -0.860. The molecule has 1 saturated heterocycles. The van der Waals surface area contributed by atoms with Crippen molar-refractivity contribution < 1.29 is 0 Å². The molecule has 3 heteroatoms. The lowest BCUT2D eigenvalue weighted by atomic mass is 9.63. The summed E-state index contributed by atoms with van der Waals surface area (Å²) in [6.07, 6.45) is 11.0. The molecule has 3 rings (SSSR count). The molecule has 0 radical (unpaired) electrons. The first-order valence-corrected chi connectivity index (χ1v) is 5.56. The Morgan fingerprint density at radius 1 is 1.21 bits per heavy atom. The van der Waals surface area contributed by atoms with Gasteiger partial charge in [-0.25, -0.2) is 0 Å². The lowest BCUT2D eigenvalue weighted by Crippen LogP contribution is -2.36. The Bertz CT molecular complexity index is 302. The maximum absolute atomic E-state index is 10.6. The molecule has 3 aliphatic rings. The van der Waals surface area contributed by atoms with E-state index in [1.54, 1.807) is 5.01 Å². The molecule has 14 heavy (non-hydrogen) atoms. The molecule has 3 nitrogen and oxygen atoms in total. The first-order valence-electron chi connectivity index (χ1n) is 5.56. The van der Waals surface area contributed by atoms with E-state index in [9.17, 15) is 4.91 Å². The van der Waals surface area contributed by atoms with Gasteiger partial charge in [0.25, 0.3) is 0 Å². The average Bonchev–Trinajstić information content (AvgIpc) is 2.69. The predicted octanol–water partition coefficient (Wildman–Crippen LogP) is 2.49. The number of hydrogen-bond acceptors (Lipinski definition) is 2. The second kappa shape index (κ2) is 2.59. The highest BCUT2D eigenvalue weighted by molar-refractivity contribution is 5.21. The first-order chi connectivity index (χ1) is 6.80. The molecule has 0 aromatic rings. The summed E-state index contributed by atoms with van der Waals surface area (Å²) in [5, 5.41) is 4.88. The zero-order valence-corrected chi connectivity index (χ0v) is 8.41. The van der Waals surface area contributed by atoms with Gasteiger partial charge in [-0.3, -0.25) is 5.01 Å². The van der Waals surface area contributed by atoms with Crippen molar-refractivity contribution in [2.24, 2.45) is 16.1 Å². The minimum absolute atomic E-state index is 0.305. The van der Waals surface area contributed by atoms with Crippen LogP contribution >= 0.6 is 0 Å². The summed E-state index contributed by atoms with van der Waals surface area (Å²) in [6.45, 7) is 1.77. The third-order valence-corrected chi connectivity index (χ3v) is 4.63. The lowest BCUT2D eigenvalue weighted by Gasteiger charge is -2.39. The monoisotopic (exact) mass is 192 g/mol. The van der Waals surface area contributed by atoms with Gasteiger partial charge < -0.3 is 0 Å². The maximum Gasteiger partial charge on any atom is 0.0524 e. The summed E-state index contributed by atoms with van der Waals surface area (Å²) < 4.78 is 0. The summed E-state index contributed by atoms with van der Waals surface area (Å²) in [5.74, 6) is 0. The molecular weight excluding hydrogens is 176 g/mol. The van der Waals surface area contributed by atoms with Crippen molar-refractivity contribution in [2.45, 2.75) is 32.1 Å². The Labute approximate surface area is 84.1 Å². The van der Waals surface area contributed by atoms with E-state index in [-0.39, 0.29) is 0 Å². The predicted molar refractivity (Wildman–Crippen MR) is 54.5 cm³/mol. The van der Waals surface area contributed by atoms with E-state index in [2.05, 4.69) is 17.4 Å². The van der Waals surface area contributed by atoms with Crippen LogP contribution in [0.15, 0.2) is 17.4 Å². The van der Waals surface area contributed by atoms with Gasteiger partial charge in [-0.2, -0.15) is 0 Å². The van der Waals surface area contributed by atoms with Gasteiger partial charge >= 0.3 is 0 Å². The molecule has 1 heterocycles. The Balaban J connectivity index is 2.03. The maximum atomic E-state index is 10.6. The van der Waals surface area contributed by atoms with Crippen LogP contribution in [0, 0.1) is 15.7 Å². The summed E-state index contributed by atoms with van der Waals surface area (Å²) in [5.41, 5.74) is 0.703. The topological polar surface area (TPSA) is 32.7 Å². The molecule has 2 atom stereocenters. The molecule has 0 spiro atoms. The van der Waals surface area contributed by atoms with E-state index in [0.29, 0.717) is 10.8 Å². The van der Waals surface area contributed by atoms with Gasteiger partial charge in [-0.1, -0.05) is 18.6 Å². The Morgan fingerprint density at radius 2 is 2.14 bits per heavy atom. The zero-order chi connectivity index (χ0) is 9.65. The molecule has 76 valence electrons. The first kappa shape index (κ1) is 8.45. The third-order valence-electron chi connectivity index (χ3n) is 4.63. The highest BCUT2D eigenvalue weighted by Crippen LogP contribution is 2.62. The van der Waals surface area contributed by atoms with Crippen molar-refractivity contribution in [3.05, 3.63) is 17.1 Å². The Morgan fingerprint density at radius 3 is 2.93 bits per heavy atom. The summed E-state index contributed by atoms with van der Waals surface area (Å²) in [7, 11) is 0. The van der Waals surface area contributed by atoms with E-state index in [0.717, 1.165) is 13.1 Å². The Kier molecular flexibility index (Phi) is 1.56. The van der Waals surface area contributed by atoms with E-state index in [4.69, 9.17) is 0 Å². The fourth-order valence-electron chi connectivity index (χ4n) is 3.96. The minimum Gasteiger partial charge on any atom is -0.259 e. The molecule has 0 N–H and O–H groups in total. The lowest BCUT2D eigenvalue weighted by molar-refractivity contribution is 0.164. The highest BCUT2D eigenvalue weighted by atomic mass is 16.3. The fourth-order valence-corrected chi connectivity index (χ4v) is 3.96. The van der Waals surface area contributed by atoms with Crippen molar-refractivity contribution in [3.8, 4) is 0 Å². The molecule has 2 fully saturated rings. The summed E-state index contributed by atoms with van der Waals surface area (Å²) >= 11 is 0. The number of hydrogen-bond donors (Lipinski definition) is 0. The third kappa shape index (κ3) is 0.830. The number of rotatable bonds is 1. The van der Waals surface area contributed by atoms with Crippen molar-refractivity contribution in [1.29, 1.82) is 0 Å². The van der Waals surface area contributed by atoms with Crippen LogP contribution in [0.1, 0.15) is 32.1 Å². The SMILES string of the molecule is O=NN1C[C@]23C=CCC[C@@]2(CCC3)C1. The van der Waals surface area contributed by atoms with Crippen molar-refractivity contribution in [3.63, 3.8) is 0 Å². The van der Waals surface area contributed by atoms with Crippen molar-refractivity contribution in [1.82, 2.24) is 5.01 Å². The number of allylic oxidation sites excluding steroid dienone is 1. The summed E-state index contributed by atoms with van der Waals surface area (Å²) in [6, 6.07) is 0. The molecule has 0 aromatic carbocycles. The largest absolute Gasteiger partial charge is 0.259 e. The van der Waals surface area contributed by atoms with E-state index in [1.165, 1.54) is 32.1 Å². The smallest absolute Gasteiger partial charge is 0.0524 e. The number of nitrogens with zero attached hydrogens (tertiary/aromatic N) is 2. The van der Waals surface area contributed by atoms with Crippen molar-refractivity contribution in [2.75, 3.05) is 13.1 Å². The van der Waals surface area contributed by atoms with Gasteiger partial charge in [0.05, 0.1) is 5.29 Å². The van der Waals surface area contributed by atoms with Crippen LogP contribution in [0.4, 0.5) is 0 Å². The second-order valence-corrected chi connectivity index (χ2v) is 5.14. The normalized spacial score (nSPS) is 45.0. The molecule has 0 aromatic heterocycles. The quantitative estimate of drug-likeness (QED) is 0.472. The molecule has 0 unspecified atom stereocenters. The van der Waals surface area contributed by atoms with Gasteiger partial charge in [0.1, 0.15) is 0 Å². The van der Waals surface area contributed by atoms with Gasteiger partial charge in [0, 0.05) is 23.9 Å². The molecule has 0 bridgehead atoms. The van der Waals surface area contributed by atoms with Crippen molar-refractivity contribution >= 4 is 0 Å². The number of nitroso groups, excluding NO2 is 1. The molecule has 0 amide bonds. The highest BCUT2D eigenvalue weighted by Gasteiger charge is 2.59. The summed E-state index contributed by atoms with van der Waals surface area (Å²) in [4.78, 5) is 10.6. The van der Waals surface area contributed by atoms with E-state index in [1.807, 2.05) is 0 Å². The molecule has 1 aliphatic heterocycles. The van der Waals surface area contributed by atoms with Crippen LogP contribution in [0.3, 0.4) is 0 Å². The van der Waals surface area contributed by atoms with Crippen LogP contribution < -0.4 is 0 Å². The standard InChI is InChI=1S/C11H16N2O/c14-12-13-8-10-4-1-2-5-11(10,9-13)7-3-6-10/h1,4H,2-3,5-9H2/t10-,11-/m1/s1. The molecule has 2 aliphatic carbocycles. The van der Waals surface area contributed by atoms with Gasteiger partial charge in [0.15, 0.2) is 0 Å². The van der Waals surface area contributed by atoms with Crippen LogP contribution in [-0.2, 0) is 0 Å². The van der Waals surface area contributed by atoms with Gasteiger partial charge in [0.2, 0.25) is 0 Å². The van der Waals surface area contributed by atoms with Crippen LogP contribution in [0.25, 0.3) is 0 Å². The van der Waals surface area contributed by atoms with Crippen LogP contribution in [-0.4, -0.2) is 18.1 Å². The van der Waals surface area contributed by atoms with Crippen LogP contribution in [0.5, 0.6) is 0 Å². The average molecular weight is 192 g/mol. The minimum atomic E-state index is 0.305. The van der Waals surface area contributed by atoms with E-state index >= 15 is 0 Å². The molecular formula is C11H16N2O. The molecule has 1 saturated carbocycles. The van der Waals surface area contributed by atoms with E-state index < -0.39 is 0 Å². The second-order valence-electron chi connectivity index (χ2n) is 5.14. The van der Waals surface area contributed by atoms with Crippen LogP contribution in [0.2, 0.25) is 0 Å². The van der Waals surface area contributed by atoms with Gasteiger partial charge in [-0.15, -0.1) is 4.91 Å². The fraction of sp³-hybridized carbons (Fsp3) is 0.818. The zero-order valence-electron chi connectivity index (χ0n) is 8.41. The van der Waals surface area contributed by atoms with Gasteiger partial charge in [-0.05, 0) is 25.7 Å².